The summed E-state index contributed by atoms with van der Waals surface area (Å²) in [4.78, 5) is 0. The van der Waals surface area contributed by atoms with Crippen molar-refractivity contribution in [1.29, 1.82) is 0 Å². The van der Waals surface area contributed by atoms with Gasteiger partial charge in [0.05, 0.1) is 26.4 Å². The van der Waals surface area contributed by atoms with Crippen LogP contribution in [-0.2, 0) is 32.2 Å². The smallest absolute Gasteiger partial charge is 0.308 e. The zero-order valence-corrected chi connectivity index (χ0v) is 13.8. The van der Waals surface area contributed by atoms with Crippen molar-refractivity contribution in [2.75, 3.05) is 13.2 Å². The largest absolute Gasteiger partial charge is 0.485 e. The molecular formula is C20H21FO4. The van der Waals surface area contributed by atoms with Crippen LogP contribution in [0.5, 0.6) is 0 Å². The summed E-state index contributed by atoms with van der Waals surface area (Å²) < 4.78 is 35.3. The molecule has 0 saturated carbocycles. The van der Waals surface area contributed by atoms with E-state index in [4.69, 9.17) is 18.9 Å². The number of ether oxygens (including phenoxy) is 4. The first-order chi connectivity index (χ1) is 12.3. The fourth-order valence-electron chi connectivity index (χ4n) is 2.50. The van der Waals surface area contributed by atoms with E-state index in [0.717, 1.165) is 17.4 Å². The minimum absolute atomic E-state index is 0.218. The van der Waals surface area contributed by atoms with E-state index < -0.39 is 18.2 Å². The zero-order chi connectivity index (χ0) is 17.3. The molecule has 1 aliphatic heterocycles. The number of hydrogen-bond donors (Lipinski definition) is 0. The van der Waals surface area contributed by atoms with Crippen LogP contribution in [-0.4, -0.2) is 25.4 Å². The van der Waals surface area contributed by atoms with E-state index in [1.165, 1.54) is 0 Å². The van der Waals surface area contributed by atoms with E-state index in [9.17, 15) is 4.39 Å². The number of hydrogen-bond acceptors (Lipinski definition) is 4. The first kappa shape index (κ1) is 17.5. The Morgan fingerprint density at radius 2 is 1.28 bits per heavy atom. The van der Waals surface area contributed by atoms with Crippen molar-refractivity contribution in [2.24, 2.45) is 0 Å². The molecule has 132 valence electrons. The average molecular weight is 344 g/mol. The van der Waals surface area contributed by atoms with Gasteiger partial charge in [-0.2, -0.15) is 4.39 Å². The number of halogens is 1. The number of rotatable bonds is 8. The quantitative estimate of drug-likeness (QED) is 0.726. The van der Waals surface area contributed by atoms with Crippen LogP contribution in [0.3, 0.4) is 0 Å². The van der Waals surface area contributed by atoms with Crippen LogP contribution < -0.4 is 0 Å². The Labute approximate surface area is 146 Å². The molecule has 2 aromatic carbocycles. The molecule has 0 fully saturated rings. The van der Waals surface area contributed by atoms with Gasteiger partial charge in [0.25, 0.3) is 0 Å². The Kier molecular flexibility index (Phi) is 6.42. The lowest BCUT2D eigenvalue weighted by Gasteiger charge is -2.29. The van der Waals surface area contributed by atoms with Crippen LogP contribution in [0.25, 0.3) is 0 Å². The first-order valence-electron chi connectivity index (χ1n) is 8.22. The van der Waals surface area contributed by atoms with Crippen molar-refractivity contribution in [3.8, 4) is 0 Å². The molecule has 0 unspecified atom stereocenters. The van der Waals surface area contributed by atoms with Crippen LogP contribution in [0.15, 0.2) is 72.9 Å². The molecule has 25 heavy (non-hydrogen) atoms. The summed E-state index contributed by atoms with van der Waals surface area (Å²) in [6.07, 6.45) is 0.00742. The maximum absolute atomic E-state index is 13.4. The molecular weight excluding hydrogens is 323 g/mol. The van der Waals surface area contributed by atoms with Crippen LogP contribution in [0.4, 0.5) is 4.39 Å². The minimum Gasteiger partial charge on any atom is -0.485 e. The maximum Gasteiger partial charge on any atom is 0.308 e. The summed E-state index contributed by atoms with van der Waals surface area (Å²) in [6.45, 7) is 1.40. The molecule has 2 aromatic rings. The van der Waals surface area contributed by atoms with E-state index in [0.29, 0.717) is 13.2 Å². The Morgan fingerprint density at radius 1 is 0.760 bits per heavy atom. The molecule has 5 heteroatoms. The topological polar surface area (TPSA) is 36.9 Å². The van der Waals surface area contributed by atoms with Gasteiger partial charge in [0.15, 0.2) is 18.5 Å². The van der Waals surface area contributed by atoms with Crippen LogP contribution >= 0.6 is 0 Å². The Balaban J connectivity index is 1.46. The molecule has 0 radical (unpaired) electrons. The second-order valence-corrected chi connectivity index (χ2v) is 5.75. The Bertz CT molecular complexity index is 660. The summed E-state index contributed by atoms with van der Waals surface area (Å²) in [5.41, 5.74) is 2.12. The van der Waals surface area contributed by atoms with Gasteiger partial charge in [-0.3, -0.25) is 0 Å². The molecule has 1 heterocycles. The summed E-state index contributed by atoms with van der Waals surface area (Å²) in [5, 5.41) is 0. The normalized spacial score (nSPS) is 19.6. The van der Waals surface area contributed by atoms with Gasteiger partial charge < -0.3 is 18.9 Å². The molecule has 0 aromatic heterocycles. The highest BCUT2D eigenvalue weighted by molar-refractivity contribution is 5.14. The van der Waals surface area contributed by atoms with E-state index in [1.807, 2.05) is 60.7 Å². The molecule has 0 saturated heterocycles. The minimum atomic E-state index is -0.743. The highest BCUT2D eigenvalue weighted by Crippen LogP contribution is 2.19. The van der Waals surface area contributed by atoms with Crippen LogP contribution in [0, 0.1) is 0 Å². The van der Waals surface area contributed by atoms with Gasteiger partial charge >= 0.3 is 6.01 Å². The van der Waals surface area contributed by atoms with Gasteiger partial charge in [0, 0.05) is 0 Å². The third-order valence-electron chi connectivity index (χ3n) is 3.80. The Hall–Kier alpha value is -2.37. The van der Waals surface area contributed by atoms with E-state index >= 15 is 0 Å². The predicted octanol–water partition coefficient (Wildman–Crippen LogP) is 3.97. The van der Waals surface area contributed by atoms with Gasteiger partial charge in [-0.05, 0) is 11.1 Å². The molecule has 0 N–H and O–H groups in total. The first-order valence-corrected chi connectivity index (χ1v) is 8.22. The van der Waals surface area contributed by atoms with Crippen LogP contribution in [0.2, 0.25) is 0 Å². The maximum atomic E-state index is 13.4. The lowest BCUT2D eigenvalue weighted by atomic mass is 10.2. The summed E-state index contributed by atoms with van der Waals surface area (Å²) in [6, 6.07) is 18.9. The summed E-state index contributed by atoms with van der Waals surface area (Å²) >= 11 is 0. The van der Waals surface area contributed by atoms with E-state index in [1.54, 1.807) is 0 Å². The highest BCUT2D eigenvalue weighted by atomic mass is 19.1. The van der Waals surface area contributed by atoms with Gasteiger partial charge in [-0.25, -0.2) is 0 Å². The molecule has 0 bridgehead atoms. The van der Waals surface area contributed by atoms with Gasteiger partial charge in [0.2, 0.25) is 0 Å². The van der Waals surface area contributed by atoms with Gasteiger partial charge in [0.1, 0.15) is 0 Å². The third kappa shape index (κ3) is 5.59. The summed E-state index contributed by atoms with van der Waals surface area (Å²) in [7, 11) is 0. The van der Waals surface area contributed by atoms with Crippen molar-refractivity contribution in [3.63, 3.8) is 0 Å². The molecule has 0 aliphatic carbocycles. The Morgan fingerprint density at radius 3 is 1.84 bits per heavy atom. The predicted molar refractivity (Wildman–Crippen MR) is 91.1 cm³/mol. The van der Waals surface area contributed by atoms with Crippen molar-refractivity contribution in [1.82, 2.24) is 0 Å². The fraction of sp³-hybridized carbons (Fsp3) is 0.300. The van der Waals surface area contributed by atoms with Gasteiger partial charge in [-0.1, -0.05) is 60.7 Å². The number of benzene rings is 2. The lowest BCUT2D eigenvalue weighted by Crippen LogP contribution is -2.40. The lowest BCUT2D eigenvalue weighted by molar-refractivity contribution is -0.128. The molecule has 2 atom stereocenters. The molecule has 3 rings (SSSR count). The second-order valence-electron chi connectivity index (χ2n) is 5.75. The second kappa shape index (κ2) is 9.20. The van der Waals surface area contributed by atoms with Crippen molar-refractivity contribution >= 4 is 0 Å². The molecule has 0 spiro atoms. The summed E-state index contributed by atoms with van der Waals surface area (Å²) in [5.74, 6) is 0. The molecule has 4 nitrogen and oxygen atoms in total. The third-order valence-corrected chi connectivity index (χ3v) is 3.80. The zero-order valence-electron chi connectivity index (χ0n) is 13.8. The van der Waals surface area contributed by atoms with Crippen molar-refractivity contribution < 1.29 is 23.3 Å². The fourth-order valence-corrected chi connectivity index (χ4v) is 2.50. The van der Waals surface area contributed by atoms with E-state index in [-0.39, 0.29) is 13.2 Å². The molecule has 0 amide bonds. The average Bonchev–Trinajstić information content (AvgIpc) is 2.65. The monoisotopic (exact) mass is 344 g/mol. The standard InChI is InChI=1S/C20H21FO4/c21-20-15-24-18(13-22-11-16-7-3-1-4-8-16)19(25-20)14-23-12-17-9-5-2-6-10-17/h1-10,15,18-19H,11-14H2/t18-,19-/m1/s1. The van der Waals surface area contributed by atoms with Gasteiger partial charge in [-0.15, -0.1) is 0 Å². The SMILES string of the molecule is FC1=CO[C@H](COCc2ccccc2)[C@@H](COCc2ccccc2)O1. The van der Waals surface area contributed by atoms with Crippen molar-refractivity contribution in [2.45, 2.75) is 25.4 Å². The van der Waals surface area contributed by atoms with Crippen LogP contribution in [0.1, 0.15) is 11.1 Å². The molecule has 1 aliphatic rings. The highest BCUT2D eigenvalue weighted by Gasteiger charge is 2.30. The van der Waals surface area contributed by atoms with E-state index in [2.05, 4.69) is 0 Å². The van der Waals surface area contributed by atoms with Crippen molar-refractivity contribution in [3.05, 3.63) is 84.1 Å².